The number of non-ortho nitro benzene ring substituents is 1. The molecule has 2 aliphatic rings. The second-order valence-corrected chi connectivity index (χ2v) is 8.55. The van der Waals surface area contributed by atoms with E-state index >= 15 is 0 Å². The van der Waals surface area contributed by atoms with Crippen LogP contribution in [0, 0.1) is 10.1 Å². The summed E-state index contributed by atoms with van der Waals surface area (Å²) in [4.78, 5) is 11.0. The summed E-state index contributed by atoms with van der Waals surface area (Å²) in [6.45, 7) is 4.03. The molecule has 2 heterocycles. The Kier molecular flexibility index (Phi) is 6.05. The largest absolute Gasteiger partial charge is 0.493 e. The van der Waals surface area contributed by atoms with Gasteiger partial charge in [-0.2, -0.15) is 5.10 Å². The standard InChI is InChI=1S/C26H22ClN3O5/c1-3-12-34-24-10-6-17(13-25(24)33-2)26-29-22(15-21(28-29)16-4-7-18(27)8-5-16)20-14-19(30(31)32)9-11-23(20)35-26/h3-11,13-14,22,26H,1,12,15H2,2H3. The zero-order chi connectivity index (χ0) is 24.5. The molecule has 0 aliphatic carbocycles. The fraction of sp³-hybridized carbons (Fsp3) is 0.192. The molecular weight excluding hydrogens is 470 g/mol. The molecule has 2 atom stereocenters. The molecule has 5 rings (SSSR count). The Balaban J connectivity index is 1.58. The Hall–Kier alpha value is -4.04. The molecule has 0 radical (unpaired) electrons. The maximum absolute atomic E-state index is 11.4. The van der Waals surface area contributed by atoms with Gasteiger partial charge in [0.25, 0.3) is 5.69 Å². The van der Waals surface area contributed by atoms with E-state index in [1.54, 1.807) is 25.3 Å². The normalized spacial score (nSPS) is 18.1. The number of rotatable bonds is 7. The Labute approximate surface area is 207 Å². The zero-order valence-corrected chi connectivity index (χ0v) is 19.6. The summed E-state index contributed by atoms with van der Waals surface area (Å²) in [7, 11) is 1.57. The molecule has 2 unspecified atom stereocenters. The highest BCUT2D eigenvalue weighted by molar-refractivity contribution is 6.30. The first-order valence-corrected chi connectivity index (χ1v) is 11.3. The number of nitrogens with zero attached hydrogens (tertiary/aromatic N) is 3. The van der Waals surface area contributed by atoms with Crippen molar-refractivity contribution in [3.63, 3.8) is 0 Å². The lowest BCUT2D eigenvalue weighted by Crippen LogP contribution is -2.33. The third-order valence-corrected chi connectivity index (χ3v) is 6.24. The lowest BCUT2D eigenvalue weighted by Gasteiger charge is -2.38. The summed E-state index contributed by atoms with van der Waals surface area (Å²) in [6.07, 6.45) is 1.66. The van der Waals surface area contributed by atoms with Gasteiger partial charge in [-0.15, -0.1) is 0 Å². The molecular formula is C26H22ClN3O5. The number of methoxy groups -OCH3 is 1. The van der Waals surface area contributed by atoms with Gasteiger partial charge in [0, 0.05) is 34.7 Å². The zero-order valence-electron chi connectivity index (χ0n) is 18.9. The van der Waals surface area contributed by atoms with Crippen molar-refractivity contribution in [3.05, 3.63) is 105 Å². The van der Waals surface area contributed by atoms with E-state index in [0.717, 1.165) is 22.4 Å². The van der Waals surface area contributed by atoms with Crippen molar-refractivity contribution in [1.29, 1.82) is 0 Å². The van der Waals surface area contributed by atoms with Gasteiger partial charge in [-0.1, -0.05) is 36.4 Å². The van der Waals surface area contributed by atoms with Crippen molar-refractivity contribution >= 4 is 23.0 Å². The predicted molar refractivity (Wildman–Crippen MR) is 132 cm³/mol. The number of benzene rings is 3. The van der Waals surface area contributed by atoms with Gasteiger partial charge in [-0.25, -0.2) is 5.01 Å². The second-order valence-electron chi connectivity index (χ2n) is 8.11. The fourth-order valence-electron chi connectivity index (χ4n) is 4.33. The third kappa shape index (κ3) is 4.28. The van der Waals surface area contributed by atoms with Crippen molar-refractivity contribution < 1.29 is 19.1 Å². The molecule has 0 saturated heterocycles. The quantitative estimate of drug-likeness (QED) is 0.227. The predicted octanol–water partition coefficient (Wildman–Crippen LogP) is 6.06. The Morgan fingerprint density at radius 2 is 2.00 bits per heavy atom. The number of halogens is 1. The molecule has 0 N–H and O–H groups in total. The average Bonchev–Trinajstić information content (AvgIpc) is 3.32. The minimum Gasteiger partial charge on any atom is -0.493 e. The number of fused-ring (bicyclic) bond motifs is 3. The number of ether oxygens (including phenoxy) is 3. The summed E-state index contributed by atoms with van der Waals surface area (Å²) in [5, 5.41) is 18.8. The number of hydrazone groups is 1. The van der Waals surface area contributed by atoms with E-state index in [1.807, 2.05) is 47.5 Å². The Morgan fingerprint density at radius 3 is 2.71 bits per heavy atom. The summed E-state index contributed by atoms with van der Waals surface area (Å²) in [5.74, 6) is 1.73. The maximum Gasteiger partial charge on any atom is 0.270 e. The second kappa shape index (κ2) is 9.31. The highest BCUT2D eigenvalue weighted by Gasteiger charge is 2.42. The van der Waals surface area contributed by atoms with E-state index < -0.39 is 11.2 Å². The molecule has 178 valence electrons. The minimum absolute atomic E-state index is 0.0103. The van der Waals surface area contributed by atoms with Crippen molar-refractivity contribution in [2.45, 2.75) is 18.7 Å². The van der Waals surface area contributed by atoms with Gasteiger partial charge < -0.3 is 14.2 Å². The van der Waals surface area contributed by atoms with Crippen LogP contribution in [-0.4, -0.2) is 29.4 Å². The first-order chi connectivity index (χ1) is 17.0. The lowest BCUT2D eigenvalue weighted by molar-refractivity contribution is -0.385. The highest BCUT2D eigenvalue weighted by Crippen LogP contribution is 2.49. The molecule has 0 amide bonds. The van der Waals surface area contributed by atoms with Crippen LogP contribution in [0.25, 0.3) is 0 Å². The summed E-state index contributed by atoms with van der Waals surface area (Å²) >= 11 is 6.07. The van der Waals surface area contributed by atoms with E-state index in [2.05, 4.69) is 6.58 Å². The van der Waals surface area contributed by atoms with Crippen LogP contribution < -0.4 is 14.2 Å². The topological polar surface area (TPSA) is 86.4 Å². The first-order valence-electron chi connectivity index (χ1n) is 11.0. The number of nitro benzene ring substituents is 1. The van der Waals surface area contributed by atoms with E-state index in [-0.39, 0.29) is 11.7 Å². The van der Waals surface area contributed by atoms with Crippen LogP contribution in [0.1, 0.15) is 35.4 Å². The van der Waals surface area contributed by atoms with Crippen LogP contribution >= 0.6 is 11.6 Å². The van der Waals surface area contributed by atoms with Crippen molar-refractivity contribution in [2.75, 3.05) is 13.7 Å². The summed E-state index contributed by atoms with van der Waals surface area (Å²) in [6, 6.07) is 17.5. The van der Waals surface area contributed by atoms with Crippen LogP contribution in [0.5, 0.6) is 17.2 Å². The van der Waals surface area contributed by atoms with E-state index in [1.165, 1.54) is 6.07 Å². The van der Waals surface area contributed by atoms with Gasteiger partial charge in [-0.3, -0.25) is 10.1 Å². The van der Waals surface area contributed by atoms with Gasteiger partial charge in [0.15, 0.2) is 11.5 Å². The van der Waals surface area contributed by atoms with Crippen LogP contribution in [0.15, 0.2) is 78.4 Å². The number of hydrogen-bond donors (Lipinski definition) is 0. The lowest BCUT2D eigenvalue weighted by atomic mass is 9.95. The van der Waals surface area contributed by atoms with Crippen molar-refractivity contribution in [3.8, 4) is 17.2 Å². The monoisotopic (exact) mass is 491 g/mol. The SMILES string of the molecule is C=CCOc1ccc(C2Oc3ccc([N+](=O)[O-])cc3C3CC(c4ccc(Cl)cc4)=NN32)cc1OC. The summed E-state index contributed by atoms with van der Waals surface area (Å²) < 4.78 is 17.6. The molecule has 0 saturated carbocycles. The van der Waals surface area contributed by atoms with Crippen LogP contribution in [-0.2, 0) is 0 Å². The maximum atomic E-state index is 11.4. The third-order valence-electron chi connectivity index (χ3n) is 5.99. The molecule has 35 heavy (non-hydrogen) atoms. The molecule has 8 nitrogen and oxygen atoms in total. The van der Waals surface area contributed by atoms with Gasteiger partial charge in [0.1, 0.15) is 12.4 Å². The molecule has 9 heteroatoms. The van der Waals surface area contributed by atoms with Crippen LogP contribution in [0.2, 0.25) is 5.02 Å². The minimum atomic E-state index is -0.568. The van der Waals surface area contributed by atoms with Crippen LogP contribution in [0.3, 0.4) is 0 Å². The van der Waals surface area contributed by atoms with E-state index in [9.17, 15) is 10.1 Å². The Morgan fingerprint density at radius 1 is 1.20 bits per heavy atom. The van der Waals surface area contributed by atoms with Crippen LogP contribution in [0.4, 0.5) is 5.69 Å². The Bertz CT molecular complexity index is 1330. The molecule has 0 fully saturated rings. The molecule has 3 aromatic rings. The average molecular weight is 492 g/mol. The van der Waals surface area contributed by atoms with E-state index in [4.69, 9.17) is 30.9 Å². The molecule has 3 aromatic carbocycles. The number of hydrogen-bond acceptors (Lipinski definition) is 7. The van der Waals surface area contributed by atoms with Gasteiger partial charge >= 0.3 is 0 Å². The van der Waals surface area contributed by atoms with E-state index in [0.29, 0.717) is 35.3 Å². The first kappa shape index (κ1) is 22.7. The molecule has 0 bridgehead atoms. The fourth-order valence-corrected chi connectivity index (χ4v) is 4.46. The highest BCUT2D eigenvalue weighted by atomic mass is 35.5. The summed E-state index contributed by atoms with van der Waals surface area (Å²) in [5.41, 5.74) is 3.32. The van der Waals surface area contributed by atoms with Crippen molar-refractivity contribution in [2.24, 2.45) is 5.10 Å². The number of nitro groups is 1. The van der Waals surface area contributed by atoms with Gasteiger partial charge in [-0.05, 0) is 42.0 Å². The van der Waals surface area contributed by atoms with Gasteiger partial charge in [0.05, 0.1) is 23.8 Å². The molecule has 2 aliphatic heterocycles. The smallest absolute Gasteiger partial charge is 0.270 e. The molecule has 0 spiro atoms. The molecule has 0 aromatic heterocycles. The van der Waals surface area contributed by atoms with Gasteiger partial charge in [0.2, 0.25) is 6.23 Å². The van der Waals surface area contributed by atoms with Crippen molar-refractivity contribution in [1.82, 2.24) is 5.01 Å².